The number of hydrogen-bond acceptors (Lipinski definition) is 16. The Labute approximate surface area is 628 Å². The van der Waals surface area contributed by atoms with Gasteiger partial charge in [0, 0.05) is 64.8 Å². The second-order valence-electron chi connectivity index (χ2n) is 28.7. The number of ether oxygens (including phenoxy) is 4. The molecule has 32 heteroatoms. The number of hydrogen-bond donors (Lipinski definition) is 0. The van der Waals surface area contributed by atoms with Gasteiger partial charge in [-0.2, -0.15) is 0 Å². The van der Waals surface area contributed by atoms with Gasteiger partial charge in [-0.1, -0.05) is 72.8 Å². The van der Waals surface area contributed by atoms with Crippen molar-refractivity contribution < 1.29 is 57.3 Å². The van der Waals surface area contributed by atoms with E-state index in [4.69, 9.17) is 18.9 Å². The maximum absolute atomic E-state index is 15.9. The minimum atomic E-state index is -1.53. The summed E-state index contributed by atoms with van der Waals surface area (Å²) >= 11 is 6.63. The topological polar surface area (TPSA) is 225 Å². The van der Waals surface area contributed by atoms with E-state index in [0.717, 1.165) is 19.6 Å². The summed E-state index contributed by atoms with van der Waals surface area (Å²) in [6, 6.07) is 43.4. The van der Waals surface area contributed by atoms with Gasteiger partial charge in [-0.3, -0.25) is 78.4 Å². The number of fused-ring (bicyclic) bond motifs is 2. The standard InChI is InChI=1S/C74H76N16O12S4/c1-71-73(3)87-43-79-61-59-75(63(79)91)41-77-60-62-81(65(77)93)45-89-69(97)85-39-53-54(58(102-32-36-106-50-23-15-8-16-24-50)28-27-57(53)101-31-35-105-49-21-13-7-14-22-49)40-86-70(98)90(74(89,4)72(85,86)2)46-82(62)66(94)78(60)42-76(59)64(92)80(61)44-88(73)68(96)84(71)38-52-51(37-83(71)67(87)95)55(99-29-33-103-47-17-9-5-10-18-47)25-26-56(52)100-30-34-104-48-19-11-6-12-20-48/h5-28,59-62H,29-46H2,1-4H3/t59-,60+,61+,62-,71+,72-,73-,74+. The van der Waals surface area contributed by atoms with Gasteiger partial charge in [-0.05, 0) is 100 Å². The van der Waals surface area contributed by atoms with E-state index >= 15 is 38.4 Å². The highest BCUT2D eigenvalue weighted by Crippen LogP contribution is 2.60. The predicted octanol–water partition coefficient (Wildman–Crippen LogP) is 9.95. The molecule has 28 nitrogen and oxygen atoms in total. The molecule has 16 amide bonds. The number of thioether (sulfide) groups is 4. The number of amides is 16. The third-order valence-electron chi connectivity index (χ3n) is 24.1. The van der Waals surface area contributed by atoms with Crippen LogP contribution < -0.4 is 18.9 Å². The number of rotatable bonds is 20. The molecule has 0 unspecified atom stereocenters. The van der Waals surface area contributed by atoms with E-state index in [1.807, 2.05) is 173 Å². The number of nitrogens with zero attached hydrogens (tertiary/aromatic N) is 16. The summed E-state index contributed by atoms with van der Waals surface area (Å²) in [6.07, 6.45) is -4.54. The fourth-order valence-corrected chi connectivity index (χ4v) is 21.5. The highest BCUT2D eigenvalue weighted by molar-refractivity contribution is 8.00. The summed E-state index contributed by atoms with van der Waals surface area (Å²) in [5.41, 5.74) is -3.20. The van der Waals surface area contributed by atoms with E-state index in [0.29, 0.717) is 94.7 Å². The van der Waals surface area contributed by atoms with Crippen LogP contribution in [-0.2, 0) is 26.2 Å². The first-order chi connectivity index (χ1) is 51.4. The summed E-state index contributed by atoms with van der Waals surface area (Å²) in [7, 11) is 0. The monoisotopic (exact) mass is 1510 g/mol. The van der Waals surface area contributed by atoms with Gasteiger partial charge in [0.15, 0.2) is 47.3 Å². The van der Waals surface area contributed by atoms with E-state index in [2.05, 4.69) is 0 Å². The zero-order chi connectivity index (χ0) is 72.4. The molecule has 11 saturated heterocycles. The van der Waals surface area contributed by atoms with Gasteiger partial charge in [0.05, 0.1) is 52.6 Å². The normalized spacial score (nSPS) is 27.5. The van der Waals surface area contributed by atoms with Gasteiger partial charge in [-0.25, -0.2) is 38.4 Å². The summed E-state index contributed by atoms with van der Waals surface area (Å²) in [5.74, 6) is 4.66. The van der Waals surface area contributed by atoms with Crippen LogP contribution in [0.4, 0.5) is 38.4 Å². The second-order valence-corrected chi connectivity index (χ2v) is 33.4. The molecule has 0 atom stereocenters. The van der Waals surface area contributed by atoms with E-state index in [9.17, 15) is 0 Å². The summed E-state index contributed by atoms with van der Waals surface area (Å²) < 4.78 is 26.6. The van der Waals surface area contributed by atoms with Crippen molar-refractivity contribution in [3.8, 4) is 23.0 Å². The molecule has 0 spiro atoms. The zero-order valence-electron chi connectivity index (χ0n) is 58.6. The summed E-state index contributed by atoms with van der Waals surface area (Å²) in [6.45, 7) is 6.34. The van der Waals surface area contributed by atoms with Crippen LogP contribution in [0.2, 0.25) is 0 Å². The van der Waals surface area contributed by atoms with Gasteiger partial charge >= 0.3 is 48.2 Å². The SMILES string of the molecule is C[C@]12N3Cc4c(OCCSc5ccccc5)ccc(OCCSc5ccccc5)c4CN1C(=O)N1CN4C(=O)N5CN6C(=O)N7CN8C(=O)N9Cc%10c(OCCSc%11ccccc%11)ccc(OCCSc%11ccccc%11)c%10CN%10C(=O)N(CN%11C(=O)N(CN%12C(=O)N(CN(C3=O)[C@]12C)[C@@H]4[C@H]%125)[C@@H]6[C@H]%117)[C@]8(C)[C@@]9%10C. The average Bonchev–Trinajstić information content (AvgIpc) is 1.49. The minimum absolute atomic E-state index is 0.000288. The molecular formula is C74H76N16O12S4. The molecule has 13 aliphatic heterocycles. The van der Waals surface area contributed by atoms with Crippen LogP contribution in [0.3, 0.4) is 0 Å². The first kappa shape index (κ1) is 66.7. The van der Waals surface area contributed by atoms with Gasteiger partial charge in [0.1, 0.15) is 63.0 Å². The second kappa shape index (κ2) is 24.8. The van der Waals surface area contributed by atoms with Crippen LogP contribution >= 0.6 is 47.0 Å². The molecule has 6 aromatic rings. The summed E-state index contributed by atoms with van der Waals surface area (Å²) in [4.78, 5) is 156. The Morgan fingerprint density at radius 1 is 0.274 bits per heavy atom. The molecule has 0 aromatic heterocycles. The molecule has 11 fully saturated rings. The van der Waals surface area contributed by atoms with Crippen molar-refractivity contribution in [3.63, 3.8) is 0 Å². The van der Waals surface area contributed by atoms with Crippen molar-refractivity contribution in [3.05, 3.63) is 168 Å². The van der Waals surface area contributed by atoms with Crippen molar-refractivity contribution >= 4 is 95.3 Å². The van der Waals surface area contributed by atoms with Crippen LogP contribution in [0.1, 0.15) is 49.9 Å². The Bertz CT molecular complexity index is 4110. The van der Waals surface area contributed by atoms with Crippen LogP contribution in [0.5, 0.6) is 23.0 Å². The van der Waals surface area contributed by atoms with E-state index in [1.165, 1.54) is 39.2 Å². The first-order valence-electron chi connectivity index (χ1n) is 35.6. The third-order valence-corrected chi connectivity index (χ3v) is 28.0. The molecule has 0 radical (unpaired) electrons. The van der Waals surface area contributed by atoms with E-state index in [1.54, 1.807) is 86.2 Å². The molecule has 0 bridgehead atoms. The van der Waals surface area contributed by atoms with Gasteiger partial charge in [0.25, 0.3) is 0 Å². The lowest BCUT2D eigenvalue weighted by molar-refractivity contribution is -0.0871. The largest absolute Gasteiger partial charge is 0.492 e. The Kier molecular flexibility index (Phi) is 15.6. The molecule has 0 N–H and O–H groups in total. The quantitative estimate of drug-likeness (QED) is 0.0512. The van der Waals surface area contributed by atoms with Gasteiger partial charge in [-0.15, -0.1) is 47.0 Å². The molecule has 0 aliphatic carbocycles. The maximum Gasteiger partial charge on any atom is 0.326 e. The van der Waals surface area contributed by atoms with Crippen molar-refractivity contribution in [2.75, 3.05) is 89.5 Å². The van der Waals surface area contributed by atoms with Gasteiger partial charge < -0.3 is 18.9 Å². The molecule has 548 valence electrons. The van der Waals surface area contributed by atoms with Crippen LogP contribution in [-0.4, -0.2) is 263 Å². The lowest BCUT2D eigenvalue weighted by Crippen LogP contribution is -2.69. The van der Waals surface area contributed by atoms with E-state index in [-0.39, 0.29) is 52.9 Å². The third kappa shape index (κ3) is 9.42. The molecule has 6 aromatic carbocycles. The van der Waals surface area contributed by atoms with Crippen LogP contribution in [0.15, 0.2) is 165 Å². The van der Waals surface area contributed by atoms with Crippen molar-refractivity contribution in [1.82, 2.24) is 78.4 Å². The van der Waals surface area contributed by atoms with Crippen molar-refractivity contribution in [2.45, 2.75) is 121 Å². The first-order valence-corrected chi connectivity index (χ1v) is 39.6. The predicted molar refractivity (Wildman–Crippen MR) is 389 cm³/mol. The molecule has 106 heavy (non-hydrogen) atoms. The molecule has 19 rings (SSSR count). The molecule has 0 saturated carbocycles. The van der Waals surface area contributed by atoms with Crippen LogP contribution in [0, 0.1) is 0 Å². The number of urea groups is 8. The smallest absolute Gasteiger partial charge is 0.326 e. The molecule has 13 aliphatic rings. The van der Waals surface area contributed by atoms with Crippen molar-refractivity contribution in [1.29, 1.82) is 0 Å². The average molecular weight is 1510 g/mol. The summed E-state index contributed by atoms with van der Waals surface area (Å²) in [5, 5.41) is 0. The van der Waals surface area contributed by atoms with Crippen LogP contribution in [0.25, 0.3) is 0 Å². The molecule has 13 heterocycles. The minimum Gasteiger partial charge on any atom is -0.492 e. The Hall–Kier alpha value is -9.92. The Balaban J connectivity index is 0.622. The maximum atomic E-state index is 15.9. The molecular weight excluding hydrogens is 1430 g/mol. The fraction of sp³-hybridized carbons (Fsp3) is 0.405. The van der Waals surface area contributed by atoms with Gasteiger partial charge in [0.2, 0.25) is 0 Å². The fourth-order valence-electron chi connectivity index (χ4n) is 18.5. The lowest BCUT2D eigenvalue weighted by atomic mass is 9.95. The highest BCUT2D eigenvalue weighted by atomic mass is 32.2. The Morgan fingerprint density at radius 2 is 0.472 bits per heavy atom. The zero-order valence-corrected chi connectivity index (χ0v) is 61.8. The Morgan fingerprint density at radius 3 is 0.689 bits per heavy atom. The number of carbonyl (C=O) groups is 8. The van der Waals surface area contributed by atoms with Crippen molar-refractivity contribution in [2.24, 2.45) is 0 Å². The number of benzene rings is 6. The highest BCUT2D eigenvalue weighted by Gasteiger charge is 2.80. The number of carbonyl (C=O) groups excluding carboxylic acids is 8. The lowest BCUT2D eigenvalue weighted by Gasteiger charge is -2.49. The van der Waals surface area contributed by atoms with E-state index < -0.39 is 109 Å².